The molecule has 58 valence electrons. The van der Waals surface area contributed by atoms with Gasteiger partial charge in [-0.1, -0.05) is 13.3 Å². The standard InChI is InChI=1S/C7H12O3/c1-2-3-5-4-10-7(9)6(5)8/h5-6,8H,2-4H2,1H3. The monoisotopic (exact) mass is 144 g/mol. The van der Waals surface area contributed by atoms with Crippen LogP contribution in [0.1, 0.15) is 19.8 Å². The van der Waals surface area contributed by atoms with E-state index in [0.29, 0.717) is 6.61 Å². The number of rotatable bonds is 2. The van der Waals surface area contributed by atoms with Crippen molar-refractivity contribution in [2.75, 3.05) is 6.61 Å². The largest absolute Gasteiger partial charge is 0.463 e. The molecule has 0 bridgehead atoms. The van der Waals surface area contributed by atoms with Gasteiger partial charge in [0, 0.05) is 5.92 Å². The fourth-order valence-corrected chi connectivity index (χ4v) is 1.17. The molecule has 1 rings (SSSR count). The number of esters is 1. The summed E-state index contributed by atoms with van der Waals surface area (Å²) in [7, 11) is 0. The highest BCUT2D eigenvalue weighted by molar-refractivity contribution is 5.76. The molecule has 1 fully saturated rings. The summed E-state index contributed by atoms with van der Waals surface area (Å²) < 4.78 is 4.64. The van der Waals surface area contributed by atoms with Crippen LogP contribution < -0.4 is 0 Å². The van der Waals surface area contributed by atoms with Gasteiger partial charge in [-0.3, -0.25) is 0 Å². The van der Waals surface area contributed by atoms with Crippen molar-refractivity contribution < 1.29 is 14.6 Å². The van der Waals surface area contributed by atoms with E-state index in [1.165, 1.54) is 0 Å². The van der Waals surface area contributed by atoms with Gasteiger partial charge in [0.25, 0.3) is 0 Å². The Morgan fingerprint density at radius 3 is 2.90 bits per heavy atom. The normalized spacial score (nSPS) is 32.4. The number of hydrogen-bond donors (Lipinski definition) is 1. The molecule has 2 unspecified atom stereocenters. The van der Waals surface area contributed by atoms with Crippen molar-refractivity contribution in [3.05, 3.63) is 0 Å². The van der Waals surface area contributed by atoms with E-state index in [1.54, 1.807) is 0 Å². The number of hydrogen-bond acceptors (Lipinski definition) is 3. The molecular weight excluding hydrogens is 132 g/mol. The smallest absolute Gasteiger partial charge is 0.335 e. The van der Waals surface area contributed by atoms with Crippen molar-refractivity contribution >= 4 is 5.97 Å². The Balaban J connectivity index is 2.41. The molecule has 0 spiro atoms. The maximum Gasteiger partial charge on any atom is 0.335 e. The average Bonchev–Trinajstić information content (AvgIpc) is 2.20. The van der Waals surface area contributed by atoms with Gasteiger partial charge in [0.2, 0.25) is 0 Å². The highest BCUT2D eigenvalue weighted by atomic mass is 16.6. The molecule has 2 atom stereocenters. The number of ether oxygens (including phenoxy) is 1. The second kappa shape index (κ2) is 3.01. The van der Waals surface area contributed by atoms with E-state index in [2.05, 4.69) is 4.74 Å². The lowest BCUT2D eigenvalue weighted by Gasteiger charge is -2.06. The number of aliphatic hydroxyl groups excluding tert-OH is 1. The number of carbonyl (C=O) groups excluding carboxylic acids is 1. The second-order valence-electron chi connectivity index (χ2n) is 2.62. The summed E-state index contributed by atoms with van der Waals surface area (Å²) in [5.41, 5.74) is 0. The molecule has 0 amide bonds. The molecule has 1 aliphatic heterocycles. The highest BCUT2D eigenvalue weighted by Crippen LogP contribution is 2.19. The molecule has 0 saturated carbocycles. The first-order chi connectivity index (χ1) is 4.75. The first-order valence-electron chi connectivity index (χ1n) is 3.60. The Morgan fingerprint density at radius 1 is 1.80 bits per heavy atom. The number of carbonyl (C=O) groups is 1. The summed E-state index contributed by atoms with van der Waals surface area (Å²) in [6.45, 7) is 2.42. The van der Waals surface area contributed by atoms with Crippen LogP contribution in [0.5, 0.6) is 0 Å². The second-order valence-corrected chi connectivity index (χ2v) is 2.62. The van der Waals surface area contributed by atoms with E-state index in [4.69, 9.17) is 5.11 Å². The molecule has 0 aliphatic carbocycles. The Labute approximate surface area is 60.0 Å². The molecule has 1 heterocycles. The predicted molar refractivity (Wildman–Crippen MR) is 35.4 cm³/mol. The third-order valence-corrected chi connectivity index (χ3v) is 1.79. The lowest BCUT2D eigenvalue weighted by molar-refractivity contribution is -0.144. The lowest BCUT2D eigenvalue weighted by Crippen LogP contribution is -2.21. The Bertz CT molecular complexity index is 133. The molecule has 0 aromatic carbocycles. The van der Waals surface area contributed by atoms with E-state index < -0.39 is 12.1 Å². The van der Waals surface area contributed by atoms with Crippen LogP contribution in [0.3, 0.4) is 0 Å². The third kappa shape index (κ3) is 1.29. The van der Waals surface area contributed by atoms with Crippen molar-refractivity contribution in [3.63, 3.8) is 0 Å². The van der Waals surface area contributed by atoms with Crippen LogP contribution in [-0.2, 0) is 9.53 Å². The summed E-state index contributed by atoms with van der Waals surface area (Å²) in [5.74, 6) is -0.420. The Kier molecular flexibility index (Phi) is 2.27. The van der Waals surface area contributed by atoms with Crippen LogP contribution in [-0.4, -0.2) is 23.8 Å². The van der Waals surface area contributed by atoms with Crippen molar-refractivity contribution in [3.8, 4) is 0 Å². The predicted octanol–water partition coefficient (Wildman–Crippen LogP) is 0.320. The van der Waals surface area contributed by atoms with Gasteiger partial charge < -0.3 is 9.84 Å². The van der Waals surface area contributed by atoms with Gasteiger partial charge in [-0.25, -0.2) is 4.79 Å². The molecule has 1 saturated heterocycles. The SMILES string of the molecule is CCCC1COC(=O)C1O. The fraction of sp³-hybridized carbons (Fsp3) is 0.857. The minimum absolute atomic E-state index is 0.0394. The quantitative estimate of drug-likeness (QED) is 0.568. The highest BCUT2D eigenvalue weighted by Gasteiger charge is 2.33. The van der Waals surface area contributed by atoms with Crippen molar-refractivity contribution in [2.45, 2.75) is 25.9 Å². The summed E-state index contributed by atoms with van der Waals surface area (Å²) >= 11 is 0. The van der Waals surface area contributed by atoms with Gasteiger partial charge in [0.1, 0.15) is 0 Å². The molecule has 1 aliphatic rings. The molecule has 3 nitrogen and oxygen atoms in total. The first kappa shape index (κ1) is 7.54. The van der Waals surface area contributed by atoms with Crippen LogP contribution >= 0.6 is 0 Å². The molecule has 0 aromatic rings. The lowest BCUT2D eigenvalue weighted by atomic mass is 10.0. The maximum absolute atomic E-state index is 10.6. The van der Waals surface area contributed by atoms with E-state index in [1.807, 2.05) is 6.92 Å². The van der Waals surface area contributed by atoms with E-state index in [0.717, 1.165) is 12.8 Å². The minimum Gasteiger partial charge on any atom is -0.463 e. The average molecular weight is 144 g/mol. The zero-order valence-electron chi connectivity index (χ0n) is 6.04. The third-order valence-electron chi connectivity index (χ3n) is 1.79. The van der Waals surface area contributed by atoms with E-state index >= 15 is 0 Å². The summed E-state index contributed by atoms with van der Waals surface area (Å²) in [4.78, 5) is 10.6. The Hall–Kier alpha value is -0.570. The summed E-state index contributed by atoms with van der Waals surface area (Å²) in [6, 6.07) is 0. The van der Waals surface area contributed by atoms with Gasteiger partial charge in [-0.05, 0) is 6.42 Å². The van der Waals surface area contributed by atoms with Gasteiger partial charge >= 0.3 is 5.97 Å². The molecular formula is C7H12O3. The van der Waals surface area contributed by atoms with E-state index in [9.17, 15) is 4.79 Å². The fourth-order valence-electron chi connectivity index (χ4n) is 1.17. The van der Waals surface area contributed by atoms with E-state index in [-0.39, 0.29) is 5.92 Å². The zero-order valence-corrected chi connectivity index (χ0v) is 6.04. The van der Waals surface area contributed by atoms with Crippen LogP contribution in [0, 0.1) is 5.92 Å². The molecule has 10 heavy (non-hydrogen) atoms. The minimum atomic E-state index is -0.861. The molecule has 0 aromatic heterocycles. The molecule has 0 radical (unpaired) electrons. The topological polar surface area (TPSA) is 46.5 Å². The van der Waals surface area contributed by atoms with Crippen molar-refractivity contribution in [1.29, 1.82) is 0 Å². The van der Waals surface area contributed by atoms with Gasteiger partial charge in [0.05, 0.1) is 6.61 Å². The maximum atomic E-state index is 10.6. The zero-order chi connectivity index (χ0) is 7.56. The summed E-state index contributed by atoms with van der Waals surface area (Å²) in [5, 5.41) is 9.11. The van der Waals surface area contributed by atoms with Crippen LogP contribution in [0.4, 0.5) is 0 Å². The van der Waals surface area contributed by atoms with Crippen molar-refractivity contribution in [2.24, 2.45) is 5.92 Å². The number of cyclic esters (lactones) is 1. The first-order valence-corrected chi connectivity index (χ1v) is 3.60. The van der Waals surface area contributed by atoms with Crippen molar-refractivity contribution in [1.82, 2.24) is 0 Å². The number of aliphatic hydroxyl groups is 1. The van der Waals surface area contributed by atoms with Crippen LogP contribution in [0.2, 0.25) is 0 Å². The van der Waals surface area contributed by atoms with Crippen LogP contribution in [0.25, 0.3) is 0 Å². The molecule has 1 N–H and O–H groups in total. The van der Waals surface area contributed by atoms with Gasteiger partial charge in [-0.15, -0.1) is 0 Å². The van der Waals surface area contributed by atoms with Gasteiger partial charge in [-0.2, -0.15) is 0 Å². The van der Waals surface area contributed by atoms with Crippen LogP contribution in [0.15, 0.2) is 0 Å². The molecule has 3 heteroatoms. The van der Waals surface area contributed by atoms with Gasteiger partial charge in [0.15, 0.2) is 6.10 Å². The summed E-state index contributed by atoms with van der Waals surface area (Å²) in [6.07, 6.45) is 0.991. The Morgan fingerprint density at radius 2 is 2.50 bits per heavy atom.